The SMILES string of the molecule is CC/C=C\C/C=C\C/C=C\C/C=C\C/C=C\C/C=C\CCCCCCCCCCC(=O)OC1C(OCC(NC(=O)C(O)CCCCCCCCCCCCCCCCCCCCCCCCCC)C(O)/C=C/CCCCCCCCCCCCC)OC(CO)C(O)C1O. The van der Waals surface area contributed by atoms with Gasteiger partial charge < -0.3 is 45.1 Å². The van der Waals surface area contributed by atoms with Crippen LogP contribution in [0.4, 0.5) is 0 Å². The number of ether oxygens (including phenoxy) is 3. The van der Waals surface area contributed by atoms with Gasteiger partial charge in [0.05, 0.1) is 25.4 Å². The molecule has 6 N–H and O–H groups in total. The second-order valence-corrected chi connectivity index (χ2v) is 27.1. The number of hydrogen-bond acceptors (Lipinski definition) is 10. The Morgan fingerprint density at radius 3 is 1.16 bits per heavy atom. The molecule has 1 rings (SSSR count). The molecule has 0 aromatic heterocycles. The maximum Gasteiger partial charge on any atom is 0.306 e. The molecule has 11 nitrogen and oxygen atoms in total. The van der Waals surface area contributed by atoms with E-state index in [1.54, 1.807) is 6.08 Å². The largest absolute Gasteiger partial charge is 0.454 e. The van der Waals surface area contributed by atoms with Crippen LogP contribution in [-0.2, 0) is 23.8 Å². The van der Waals surface area contributed by atoms with E-state index < -0.39 is 67.4 Å². The van der Waals surface area contributed by atoms with Crippen LogP contribution in [-0.4, -0.2) is 99.6 Å². The van der Waals surface area contributed by atoms with Crippen molar-refractivity contribution in [2.75, 3.05) is 13.2 Å². The molecule has 1 aliphatic heterocycles. The van der Waals surface area contributed by atoms with E-state index >= 15 is 0 Å². The summed E-state index contributed by atoms with van der Waals surface area (Å²) in [5.41, 5.74) is 0. The van der Waals surface area contributed by atoms with E-state index in [0.29, 0.717) is 19.3 Å². The van der Waals surface area contributed by atoms with Crippen molar-refractivity contribution >= 4 is 11.9 Å². The van der Waals surface area contributed by atoms with Gasteiger partial charge in [0.25, 0.3) is 0 Å². The normalized spacial score (nSPS) is 18.3. The third kappa shape index (κ3) is 55.5. The van der Waals surface area contributed by atoms with Gasteiger partial charge in [-0.15, -0.1) is 0 Å². The van der Waals surface area contributed by atoms with Crippen LogP contribution >= 0.6 is 0 Å². The zero-order valence-corrected chi connectivity index (χ0v) is 60.4. The lowest BCUT2D eigenvalue weighted by molar-refractivity contribution is -0.305. The van der Waals surface area contributed by atoms with Crippen LogP contribution in [0.5, 0.6) is 0 Å². The molecule has 0 aliphatic carbocycles. The molecule has 540 valence electrons. The number of nitrogens with one attached hydrogen (secondary N) is 1. The number of unbranched alkanes of at least 4 members (excludes halogenated alkanes) is 42. The fraction of sp³-hybridized carbons (Fsp3) is 0.805. The maximum atomic E-state index is 13.5. The molecule has 0 bridgehead atoms. The lowest BCUT2D eigenvalue weighted by Crippen LogP contribution is -2.61. The number of allylic oxidation sites excluding steroid dienone is 13. The number of aliphatic hydroxyl groups excluding tert-OH is 5. The highest BCUT2D eigenvalue weighted by atomic mass is 16.7. The van der Waals surface area contributed by atoms with Gasteiger partial charge in [-0.25, -0.2) is 0 Å². The molecule has 0 saturated carbocycles. The summed E-state index contributed by atoms with van der Waals surface area (Å²) in [5, 5.41) is 57.5. The van der Waals surface area contributed by atoms with Crippen LogP contribution in [0, 0.1) is 0 Å². The Balaban J connectivity index is 2.53. The van der Waals surface area contributed by atoms with E-state index in [4.69, 9.17) is 14.2 Å². The van der Waals surface area contributed by atoms with Crippen LogP contribution in [0.3, 0.4) is 0 Å². The molecule has 1 heterocycles. The predicted octanol–water partition coefficient (Wildman–Crippen LogP) is 21.2. The summed E-state index contributed by atoms with van der Waals surface area (Å²) in [5.74, 6) is -1.19. The van der Waals surface area contributed by atoms with E-state index in [1.165, 1.54) is 205 Å². The van der Waals surface area contributed by atoms with Gasteiger partial charge in [-0.3, -0.25) is 9.59 Å². The third-order valence-electron chi connectivity index (χ3n) is 18.3. The van der Waals surface area contributed by atoms with Crippen LogP contribution < -0.4 is 5.32 Å². The van der Waals surface area contributed by atoms with Crippen LogP contribution in [0.1, 0.15) is 361 Å². The topological polar surface area (TPSA) is 175 Å². The van der Waals surface area contributed by atoms with Crippen molar-refractivity contribution < 1.29 is 49.3 Å². The molecular weight excluding hydrogens is 1160 g/mol. The molecule has 0 aromatic carbocycles. The molecule has 0 radical (unpaired) electrons. The number of aliphatic hydroxyl groups is 5. The lowest BCUT2D eigenvalue weighted by atomic mass is 9.99. The summed E-state index contributed by atoms with van der Waals surface area (Å²) in [6.07, 6.45) is 82.0. The number of esters is 1. The number of carbonyl (C=O) groups excluding carboxylic acids is 2. The summed E-state index contributed by atoms with van der Waals surface area (Å²) in [7, 11) is 0. The molecule has 11 heteroatoms. The highest BCUT2D eigenvalue weighted by Gasteiger charge is 2.47. The van der Waals surface area contributed by atoms with Gasteiger partial charge in [0.1, 0.15) is 24.4 Å². The first-order valence-corrected chi connectivity index (χ1v) is 39.4. The molecule has 1 saturated heterocycles. The highest BCUT2D eigenvalue weighted by molar-refractivity contribution is 5.80. The predicted molar refractivity (Wildman–Crippen MR) is 393 cm³/mol. The Kier molecular flexibility index (Phi) is 65.0. The highest BCUT2D eigenvalue weighted by Crippen LogP contribution is 2.27. The van der Waals surface area contributed by atoms with Crippen molar-refractivity contribution in [3.05, 3.63) is 85.1 Å². The van der Waals surface area contributed by atoms with E-state index in [-0.39, 0.29) is 13.0 Å². The number of hydrogen-bond donors (Lipinski definition) is 6. The van der Waals surface area contributed by atoms with Crippen molar-refractivity contribution in [2.24, 2.45) is 0 Å². The third-order valence-corrected chi connectivity index (χ3v) is 18.3. The standard InChI is InChI=1S/C82H147NO10/c1-4-7-10-13-16-19-22-25-27-29-31-33-35-37-38-39-41-43-45-47-49-52-55-58-61-64-67-70-77(87)93-80-79(89)78(88)76(71-84)92-82(80)91-72-73(74(85)68-65-62-59-56-53-50-24-21-18-15-12-9-6-3)83-81(90)75(86)69-66-63-60-57-54-51-48-46-44-42-40-36-34-32-30-28-26-23-20-17-14-11-8-5-2/h7,10,16,19,25,27,31,33,37-38,41,43,65,68,73-76,78-80,82,84-86,88-89H,4-6,8-9,11-15,17-18,20-24,26,28-30,32,34-36,39-40,42,44-64,66-67,69-72H2,1-3H3,(H,83,90)/b10-7-,19-16-,27-25-,33-31-,38-37-,43-41-,68-65+. The van der Waals surface area contributed by atoms with E-state index in [0.717, 1.165) is 109 Å². The Hall–Kier alpha value is -3.16. The quantitative estimate of drug-likeness (QED) is 0.0195. The minimum Gasteiger partial charge on any atom is -0.454 e. The fourth-order valence-electron chi connectivity index (χ4n) is 12.2. The zero-order valence-electron chi connectivity index (χ0n) is 60.4. The Morgan fingerprint density at radius 1 is 0.430 bits per heavy atom. The van der Waals surface area contributed by atoms with Gasteiger partial charge in [0.2, 0.25) is 5.91 Å². The van der Waals surface area contributed by atoms with E-state index in [9.17, 15) is 35.1 Å². The van der Waals surface area contributed by atoms with Crippen molar-refractivity contribution in [2.45, 2.75) is 410 Å². The molecule has 93 heavy (non-hydrogen) atoms. The van der Waals surface area contributed by atoms with Gasteiger partial charge >= 0.3 is 5.97 Å². The summed E-state index contributed by atoms with van der Waals surface area (Å²) >= 11 is 0. The molecule has 1 aliphatic rings. The maximum absolute atomic E-state index is 13.5. The second-order valence-electron chi connectivity index (χ2n) is 27.1. The summed E-state index contributed by atoms with van der Waals surface area (Å²) in [6, 6.07) is -1.03. The minimum absolute atomic E-state index is 0.111. The van der Waals surface area contributed by atoms with Crippen molar-refractivity contribution in [1.82, 2.24) is 5.32 Å². The Morgan fingerprint density at radius 2 is 0.774 bits per heavy atom. The lowest BCUT2D eigenvalue weighted by Gasteiger charge is -2.41. The van der Waals surface area contributed by atoms with Crippen molar-refractivity contribution in [3.8, 4) is 0 Å². The first kappa shape index (κ1) is 87.9. The minimum atomic E-state index is -1.62. The summed E-state index contributed by atoms with van der Waals surface area (Å²) < 4.78 is 17.7. The summed E-state index contributed by atoms with van der Waals surface area (Å²) in [6.45, 7) is 5.73. The smallest absolute Gasteiger partial charge is 0.306 e. The van der Waals surface area contributed by atoms with E-state index in [2.05, 4.69) is 99.0 Å². The van der Waals surface area contributed by atoms with E-state index in [1.807, 2.05) is 6.08 Å². The van der Waals surface area contributed by atoms with Gasteiger partial charge in [-0.2, -0.15) is 0 Å². The molecule has 0 spiro atoms. The monoisotopic (exact) mass is 1310 g/mol. The van der Waals surface area contributed by atoms with Gasteiger partial charge in [-0.05, 0) is 77.0 Å². The number of rotatable bonds is 68. The van der Waals surface area contributed by atoms with Gasteiger partial charge in [0, 0.05) is 6.42 Å². The average Bonchev–Trinajstić information content (AvgIpc) is 0.844. The summed E-state index contributed by atoms with van der Waals surface area (Å²) in [4.78, 5) is 26.8. The fourth-order valence-corrected chi connectivity index (χ4v) is 12.2. The molecular formula is C82H147NO10. The Bertz CT molecular complexity index is 1840. The molecule has 1 fully saturated rings. The first-order valence-electron chi connectivity index (χ1n) is 39.4. The van der Waals surface area contributed by atoms with Gasteiger partial charge in [0.15, 0.2) is 12.4 Å². The first-order chi connectivity index (χ1) is 45.7. The van der Waals surface area contributed by atoms with Crippen LogP contribution in [0.2, 0.25) is 0 Å². The van der Waals surface area contributed by atoms with Gasteiger partial charge in [-0.1, -0.05) is 363 Å². The molecule has 1 amide bonds. The zero-order chi connectivity index (χ0) is 67.4. The second kappa shape index (κ2) is 68.8. The molecule has 0 aromatic rings. The van der Waals surface area contributed by atoms with Crippen LogP contribution in [0.15, 0.2) is 85.1 Å². The molecule has 8 unspecified atom stereocenters. The Labute approximate surface area is 572 Å². The van der Waals surface area contributed by atoms with Crippen molar-refractivity contribution in [1.29, 1.82) is 0 Å². The van der Waals surface area contributed by atoms with Crippen molar-refractivity contribution in [3.63, 3.8) is 0 Å². The van der Waals surface area contributed by atoms with Crippen LogP contribution in [0.25, 0.3) is 0 Å². The number of amides is 1. The molecule has 8 atom stereocenters. The number of carbonyl (C=O) groups is 2. The average molecular weight is 1310 g/mol.